The molecule has 8 heteroatoms. The number of carbonyl (C=O) groups is 1. The van der Waals surface area contributed by atoms with E-state index >= 15 is 0 Å². The molecule has 0 unspecified atom stereocenters. The zero-order valence-corrected chi connectivity index (χ0v) is 15.6. The number of nitrogens with one attached hydrogen (secondary N) is 1. The van der Waals surface area contributed by atoms with E-state index in [0.29, 0.717) is 11.8 Å². The molecule has 0 saturated carbocycles. The molecule has 0 aliphatic carbocycles. The summed E-state index contributed by atoms with van der Waals surface area (Å²) in [4.78, 5) is 15.5. The molecule has 1 aromatic carbocycles. The van der Waals surface area contributed by atoms with E-state index in [9.17, 15) is 18.0 Å². The summed E-state index contributed by atoms with van der Waals surface area (Å²) in [6.07, 6.45) is -4.69. The normalized spacial score (nSPS) is 23.5. The number of amidine groups is 1. The molecule has 1 atom stereocenters. The Hall–Kier alpha value is -1.70. The van der Waals surface area contributed by atoms with Crippen LogP contribution in [0.3, 0.4) is 0 Å². The summed E-state index contributed by atoms with van der Waals surface area (Å²) < 4.78 is 42.3. The minimum absolute atomic E-state index is 0.0242. The molecule has 1 aliphatic rings. The topological polar surface area (TPSA) is 44.7 Å². The van der Waals surface area contributed by atoms with Crippen molar-refractivity contribution in [3.05, 3.63) is 35.4 Å². The Bertz CT molecular complexity index is 671. The van der Waals surface area contributed by atoms with Crippen LogP contribution >= 0.6 is 11.8 Å². The van der Waals surface area contributed by atoms with Crippen LogP contribution in [0.2, 0.25) is 0 Å². The first-order valence-corrected chi connectivity index (χ1v) is 8.81. The van der Waals surface area contributed by atoms with Gasteiger partial charge in [0.05, 0.1) is 0 Å². The molecule has 2 rings (SSSR count). The van der Waals surface area contributed by atoms with E-state index in [2.05, 4.69) is 10.3 Å². The Morgan fingerprint density at radius 1 is 1.16 bits per heavy atom. The zero-order chi connectivity index (χ0) is 19.0. The van der Waals surface area contributed by atoms with Gasteiger partial charge in [-0.3, -0.25) is 9.89 Å². The number of alkyl halides is 3. The van der Waals surface area contributed by atoms with Crippen LogP contribution in [-0.2, 0) is 4.87 Å². The maximum absolute atomic E-state index is 14.1. The first-order chi connectivity index (χ1) is 11.5. The highest BCUT2D eigenvalue weighted by atomic mass is 32.2. The summed E-state index contributed by atoms with van der Waals surface area (Å²) in [6.45, 7) is 8.80. The average molecular weight is 373 g/mol. The minimum atomic E-state index is -4.69. The van der Waals surface area contributed by atoms with Crippen molar-refractivity contribution < 1.29 is 18.0 Å². The number of urea groups is 1. The molecule has 0 radical (unpaired) electrons. The van der Waals surface area contributed by atoms with E-state index in [0.717, 1.165) is 5.56 Å². The third kappa shape index (κ3) is 3.78. The number of nitrogens with zero attached hydrogens (tertiary/aromatic N) is 2. The largest absolute Gasteiger partial charge is 0.425 e. The summed E-state index contributed by atoms with van der Waals surface area (Å²) in [5, 5.41) is 2.26. The fraction of sp³-hybridized carbons (Fsp3) is 0.529. The molecule has 138 valence electrons. The molecule has 2 amide bonds. The first-order valence-electron chi connectivity index (χ1n) is 8.00. The van der Waals surface area contributed by atoms with Crippen LogP contribution in [0.25, 0.3) is 0 Å². The second kappa shape index (κ2) is 6.90. The van der Waals surface area contributed by atoms with Crippen molar-refractivity contribution in [2.24, 2.45) is 4.99 Å². The highest BCUT2D eigenvalue weighted by Gasteiger charge is 2.62. The number of hydrogen-bond acceptors (Lipinski definition) is 3. The van der Waals surface area contributed by atoms with E-state index in [1.165, 1.54) is 17.0 Å². The number of aliphatic imine (C=N–C) groups is 1. The summed E-state index contributed by atoms with van der Waals surface area (Å²) in [6, 6.07) is 4.65. The number of rotatable bonds is 3. The van der Waals surface area contributed by atoms with Crippen molar-refractivity contribution in [1.29, 1.82) is 0 Å². The molecular formula is C17H22F3N3OS. The van der Waals surface area contributed by atoms with Crippen molar-refractivity contribution in [2.45, 2.75) is 57.7 Å². The maximum Gasteiger partial charge on any atom is 0.425 e. The lowest BCUT2D eigenvalue weighted by molar-refractivity contribution is -0.167. The second-order valence-corrected chi connectivity index (χ2v) is 7.73. The van der Waals surface area contributed by atoms with Gasteiger partial charge < -0.3 is 5.32 Å². The zero-order valence-electron chi connectivity index (χ0n) is 14.8. The Morgan fingerprint density at radius 3 is 2.16 bits per heavy atom. The number of thioether (sulfide) groups is 1. The summed E-state index contributed by atoms with van der Waals surface area (Å²) in [5.74, 6) is 0. The van der Waals surface area contributed by atoms with Crippen molar-refractivity contribution in [3.8, 4) is 0 Å². The van der Waals surface area contributed by atoms with Gasteiger partial charge in [0.25, 0.3) is 0 Å². The van der Waals surface area contributed by atoms with Gasteiger partial charge in [0.15, 0.2) is 5.17 Å². The van der Waals surface area contributed by atoms with Gasteiger partial charge in [-0.25, -0.2) is 4.79 Å². The van der Waals surface area contributed by atoms with Gasteiger partial charge >= 0.3 is 12.2 Å². The van der Waals surface area contributed by atoms with E-state index in [1.807, 2.05) is 0 Å². The van der Waals surface area contributed by atoms with Crippen LogP contribution < -0.4 is 5.32 Å². The Labute approximate surface area is 149 Å². The highest BCUT2D eigenvalue weighted by molar-refractivity contribution is 8.14. The predicted molar refractivity (Wildman–Crippen MR) is 94.6 cm³/mol. The highest BCUT2D eigenvalue weighted by Crippen LogP contribution is 2.50. The number of amides is 2. The molecule has 1 fully saturated rings. The lowest BCUT2D eigenvalue weighted by atomic mass is 10.0. The van der Waals surface area contributed by atoms with Gasteiger partial charge in [-0.15, -0.1) is 0 Å². The standard InChI is InChI=1S/C17H22F3N3OS/c1-10(2)21-15-23(11(3)4)14(24)22-16(25-15,17(18,19)20)13-8-6-12(5)7-9-13/h6-11H,1-5H3,(H,22,24)/t16-/m0/s1. The van der Waals surface area contributed by atoms with Crippen molar-refractivity contribution in [3.63, 3.8) is 0 Å². The van der Waals surface area contributed by atoms with E-state index in [-0.39, 0.29) is 22.8 Å². The third-order valence-corrected chi connectivity index (χ3v) is 5.05. The maximum atomic E-state index is 14.1. The van der Waals surface area contributed by atoms with Gasteiger partial charge in [-0.2, -0.15) is 13.2 Å². The summed E-state index contributed by atoms with van der Waals surface area (Å²) in [5.41, 5.74) is 0.817. The Balaban J connectivity index is 2.62. The summed E-state index contributed by atoms with van der Waals surface area (Å²) in [7, 11) is 0. The van der Waals surface area contributed by atoms with Crippen LogP contribution in [0.1, 0.15) is 38.8 Å². The van der Waals surface area contributed by atoms with Crippen LogP contribution in [0, 0.1) is 6.92 Å². The number of hydrogen-bond donors (Lipinski definition) is 1. The van der Waals surface area contributed by atoms with E-state index in [4.69, 9.17) is 0 Å². The van der Waals surface area contributed by atoms with Gasteiger partial charge in [-0.1, -0.05) is 29.8 Å². The second-order valence-electron chi connectivity index (χ2n) is 6.55. The molecule has 0 bridgehead atoms. The smallest absolute Gasteiger partial charge is 0.311 e. The number of aryl methyl sites for hydroxylation is 1. The van der Waals surface area contributed by atoms with Gasteiger partial charge in [-0.05, 0) is 51.9 Å². The molecule has 4 nitrogen and oxygen atoms in total. The lowest BCUT2D eigenvalue weighted by Gasteiger charge is -2.44. The molecule has 1 aliphatic heterocycles. The van der Waals surface area contributed by atoms with Gasteiger partial charge in [0, 0.05) is 12.1 Å². The van der Waals surface area contributed by atoms with Crippen LogP contribution in [-0.4, -0.2) is 34.4 Å². The molecule has 25 heavy (non-hydrogen) atoms. The average Bonchev–Trinajstić information content (AvgIpc) is 2.44. The molecular weight excluding hydrogens is 351 g/mol. The SMILES string of the molecule is Cc1ccc([C@]2(C(F)(F)F)NC(=O)N(C(C)C)C(=NC(C)C)S2)cc1. The predicted octanol–water partition coefficient (Wildman–Crippen LogP) is 4.64. The number of halogens is 3. The first kappa shape index (κ1) is 19.6. The lowest BCUT2D eigenvalue weighted by Crippen LogP contribution is -2.64. The fourth-order valence-corrected chi connectivity index (χ4v) is 3.92. The van der Waals surface area contributed by atoms with E-state index < -0.39 is 17.1 Å². The third-order valence-electron chi connectivity index (χ3n) is 3.69. The number of carbonyl (C=O) groups excluding carboxylic acids is 1. The molecule has 1 aromatic rings. The fourth-order valence-electron chi connectivity index (χ4n) is 2.49. The molecule has 0 aromatic heterocycles. The van der Waals surface area contributed by atoms with Crippen molar-refractivity contribution in [1.82, 2.24) is 10.2 Å². The summed E-state index contributed by atoms with van der Waals surface area (Å²) >= 11 is 0.532. The monoisotopic (exact) mass is 373 g/mol. The number of benzene rings is 1. The van der Waals surface area contributed by atoms with Gasteiger partial charge in [0.2, 0.25) is 4.87 Å². The van der Waals surface area contributed by atoms with Crippen LogP contribution in [0.5, 0.6) is 0 Å². The molecule has 0 spiro atoms. The quantitative estimate of drug-likeness (QED) is 0.839. The van der Waals surface area contributed by atoms with Gasteiger partial charge in [0.1, 0.15) is 0 Å². The Morgan fingerprint density at radius 2 is 1.72 bits per heavy atom. The minimum Gasteiger partial charge on any atom is -0.311 e. The Kier molecular flexibility index (Phi) is 5.41. The molecule has 1 N–H and O–H groups in total. The molecule has 1 saturated heterocycles. The molecule has 1 heterocycles. The van der Waals surface area contributed by atoms with Crippen LogP contribution in [0.15, 0.2) is 29.3 Å². The van der Waals surface area contributed by atoms with Crippen LogP contribution in [0.4, 0.5) is 18.0 Å². The van der Waals surface area contributed by atoms with Crippen molar-refractivity contribution >= 4 is 23.0 Å². The van der Waals surface area contributed by atoms with E-state index in [1.54, 1.807) is 46.8 Å². The van der Waals surface area contributed by atoms with Crippen molar-refractivity contribution in [2.75, 3.05) is 0 Å².